The average molecular weight is 228 g/mol. The summed E-state index contributed by atoms with van der Waals surface area (Å²) in [7, 11) is 0. The van der Waals surface area contributed by atoms with E-state index in [0.29, 0.717) is 6.41 Å². The van der Waals surface area contributed by atoms with Crippen molar-refractivity contribution in [2.24, 2.45) is 0 Å². The number of rotatable bonds is 3. The lowest BCUT2D eigenvalue weighted by Crippen LogP contribution is -2.10. The van der Waals surface area contributed by atoms with Crippen LogP contribution in [0.4, 0.5) is 13.2 Å². The van der Waals surface area contributed by atoms with Crippen LogP contribution in [0.25, 0.3) is 0 Å². The van der Waals surface area contributed by atoms with E-state index in [9.17, 15) is 18.0 Å². The molecule has 78 valence electrons. The molecule has 8 heteroatoms. The Kier molecular flexibility index (Phi) is 3.00. The SMILES string of the molecule is O=CNCc1n[nH]c(C(F)(F)F)c1Cl. The van der Waals surface area contributed by atoms with Crippen LogP contribution in [0.2, 0.25) is 5.02 Å². The molecule has 1 rings (SSSR count). The number of nitrogens with zero attached hydrogens (tertiary/aromatic N) is 1. The Bertz CT molecular complexity index is 336. The third-order valence-corrected chi connectivity index (χ3v) is 1.82. The lowest BCUT2D eigenvalue weighted by atomic mass is 10.3. The van der Waals surface area contributed by atoms with Crippen molar-refractivity contribution in [1.29, 1.82) is 0 Å². The van der Waals surface area contributed by atoms with E-state index in [1.165, 1.54) is 0 Å². The number of carbonyl (C=O) groups excluding carboxylic acids is 1. The first-order valence-corrected chi connectivity index (χ1v) is 3.81. The minimum Gasteiger partial charge on any atom is -0.353 e. The first-order valence-electron chi connectivity index (χ1n) is 3.43. The molecule has 2 N–H and O–H groups in total. The van der Waals surface area contributed by atoms with Gasteiger partial charge in [-0.3, -0.25) is 9.89 Å². The van der Waals surface area contributed by atoms with E-state index in [1.54, 1.807) is 5.10 Å². The van der Waals surface area contributed by atoms with Gasteiger partial charge >= 0.3 is 6.18 Å². The van der Waals surface area contributed by atoms with Crippen LogP contribution in [-0.2, 0) is 17.5 Å². The van der Waals surface area contributed by atoms with Gasteiger partial charge in [-0.2, -0.15) is 18.3 Å². The minimum atomic E-state index is -4.57. The van der Waals surface area contributed by atoms with Gasteiger partial charge in [0, 0.05) is 0 Å². The maximum atomic E-state index is 12.1. The Morgan fingerprint density at radius 1 is 1.57 bits per heavy atom. The van der Waals surface area contributed by atoms with Crippen LogP contribution >= 0.6 is 11.6 Å². The second-order valence-corrected chi connectivity index (χ2v) is 2.73. The van der Waals surface area contributed by atoms with Gasteiger partial charge < -0.3 is 5.32 Å². The summed E-state index contributed by atoms with van der Waals surface area (Å²) >= 11 is 5.38. The highest BCUT2D eigenvalue weighted by molar-refractivity contribution is 6.31. The molecule has 0 aliphatic carbocycles. The van der Waals surface area contributed by atoms with Crippen molar-refractivity contribution in [1.82, 2.24) is 15.5 Å². The van der Waals surface area contributed by atoms with Crippen LogP contribution in [0, 0.1) is 0 Å². The fraction of sp³-hybridized carbons (Fsp3) is 0.333. The Morgan fingerprint density at radius 3 is 2.64 bits per heavy atom. The lowest BCUT2D eigenvalue weighted by Gasteiger charge is -2.02. The molecule has 1 heterocycles. The van der Waals surface area contributed by atoms with Crippen LogP contribution in [0.15, 0.2) is 0 Å². The predicted octanol–water partition coefficient (Wildman–Crippen LogP) is 1.33. The van der Waals surface area contributed by atoms with Crippen molar-refractivity contribution in [3.63, 3.8) is 0 Å². The number of nitrogens with one attached hydrogen (secondary N) is 2. The lowest BCUT2D eigenvalue weighted by molar-refractivity contribution is -0.141. The zero-order valence-corrected chi connectivity index (χ0v) is 7.41. The number of amides is 1. The predicted molar refractivity (Wildman–Crippen MR) is 41.5 cm³/mol. The first-order chi connectivity index (χ1) is 6.46. The Hall–Kier alpha value is -1.24. The normalized spacial score (nSPS) is 11.4. The van der Waals surface area contributed by atoms with Gasteiger partial charge in [0.05, 0.1) is 11.6 Å². The molecular weight excluding hydrogens is 223 g/mol. The summed E-state index contributed by atoms with van der Waals surface area (Å²) in [5.41, 5.74) is -1.16. The maximum Gasteiger partial charge on any atom is 0.434 e. The summed E-state index contributed by atoms with van der Waals surface area (Å²) in [6.45, 7) is -0.144. The number of hydrogen-bond acceptors (Lipinski definition) is 2. The molecule has 0 aromatic carbocycles. The number of hydrogen-bond donors (Lipinski definition) is 2. The van der Waals surface area contributed by atoms with E-state index >= 15 is 0 Å². The van der Waals surface area contributed by atoms with Gasteiger partial charge in [-0.1, -0.05) is 11.6 Å². The standard InChI is InChI=1S/C6H5ClF3N3O/c7-4-3(1-11-2-14)12-13-5(4)6(8,9)10/h2H,1H2,(H,11,14)(H,12,13). The van der Waals surface area contributed by atoms with Crippen LogP contribution < -0.4 is 5.32 Å². The van der Waals surface area contributed by atoms with Gasteiger partial charge in [0.2, 0.25) is 6.41 Å². The molecule has 0 radical (unpaired) electrons. The molecule has 1 aromatic heterocycles. The fourth-order valence-corrected chi connectivity index (χ4v) is 1.07. The number of aromatic nitrogens is 2. The van der Waals surface area contributed by atoms with E-state index in [4.69, 9.17) is 11.6 Å². The minimum absolute atomic E-state index is 0.0499. The molecular formula is C6H5ClF3N3O. The molecule has 0 bridgehead atoms. The van der Waals surface area contributed by atoms with Crippen molar-refractivity contribution in [2.75, 3.05) is 0 Å². The maximum absolute atomic E-state index is 12.1. The average Bonchev–Trinajstić information content (AvgIpc) is 2.42. The van der Waals surface area contributed by atoms with Crippen molar-refractivity contribution in [3.05, 3.63) is 16.4 Å². The number of halogens is 4. The topological polar surface area (TPSA) is 57.8 Å². The Labute approximate surface area is 81.4 Å². The van der Waals surface area contributed by atoms with E-state index in [1.807, 2.05) is 0 Å². The number of alkyl halides is 3. The second-order valence-electron chi connectivity index (χ2n) is 2.36. The summed E-state index contributed by atoms with van der Waals surface area (Å²) in [5.74, 6) is 0. The van der Waals surface area contributed by atoms with Gasteiger partial charge in [-0.25, -0.2) is 0 Å². The number of carbonyl (C=O) groups is 1. The molecule has 0 aliphatic heterocycles. The van der Waals surface area contributed by atoms with Gasteiger partial charge in [0.25, 0.3) is 0 Å². The third-order valence-electron chi connectivity index (χ3n) is 1.41. The molecule has 0 spiro atoms. The van der Waals surface area contributed by atoms with Crippen LogP contribution in [-0.4, -0.2) is 16.6 Å². The molecule has 0 atom stereocenters. The van der Waals surface area contributed by atoms with E-state index < -0.39 is 16.9 Å². The van der Waals surface area contributed by atoms with Crippen LogP contribution in [0.5, 0.6) is 0 Å². The van der Waals surface area contributed by atoms with Crippen molar-refractivity contribution < 1.29 is 18.0 Å². The molecule has 1 amide bonds. The molecule has 1 aromatic rings. The summed E-state index contributed by atoms with van der Waals surface area (Å²) in [5, 5.41) is 6.72. The van der Waals surface area contributed by atoms with Crippen molar-refractivity contribution in [2.45, 2.75) is 12.7 Å². The van der Waals surface area contributed by atoms with E-state index in [0.717, 1.165) is 0 Å². The van der Waals surface area contributed by atoms with Gasteiger partial charge in [0.1, 0.15) is 5.69 Å². The van der Waals surface area contributed by atoms with Crippen LogP contribution in [0.3, 0.4) is 0 Å². The van der Waals surface area contributed by atoms with Gasteiger partial charge in [-0.05, 0) is 0 Å². The highest BCUT2D eigenvalue weighted by Gasteiger charge is 2.36. The molecule has 0 aliphatic rings. The highest BCUT2D eigenvalue weighted by Crippen LogP contribution is 2.34. The Balaban J connectivity index is 2.91. The van der Waals surface area contributed by atoms with Gasteiger partial charge in [0.15, 0.2) is 5.69 Å². The summed E-state index contributed by atoms with van der Waals surface area (Å²) in [4.78, 5) is 9.88. The number of H-pyrrole nitrogens is 1. The quantitative estimate of drug-likeness (QED) is 0.766. The monoisotopic (exact) mass is 227 g/mol. The zero-order valence-electron chi connectivity index (χ0n) is 6.65. The van der Waals surface area contributed by atoms with Gasteiger partial charge in [-0.15, -0.1) is 0 Å². The first kappa shape index (κ1) is 10.8. The fourth-order valence-electron chi connectivity index (χ4n) is 0.809. The smallest absolute Gasteiger partial charge is 0.353 e. The molecule has 4 nitrogen and oxygen atoms in total. The van der Waals surface area contributed by atoms with E-state index in [-0.39, 0.29) is 12.2 Å². The van der Waals surface area contributed by atoms with Crippen molar-refractivity contribution in [3.8, 4) is 0 Å². The number of aromatic amines is 1. The highest BCUT2D eigenvalue weighted by atomic mass is 35.5. The second kappa shape index (κ2) is 3.87. The molecule has 0 saturated heterocycles. The van der Waals surface area contributed by atoms with E-state index in [2.05, 4.69) is 10.4 Å². The zero-order chi connectivity index (χ0) is 10.8. The third kappa shape index (κ3) is 2.16. The molecule has 0 saturated carbocycles. The summed E-state index contributed by atoms with van der Waals surface area (Å²) in [6, 6.07) is 0. The molecule has 14 heavy (non-hydrogen) atoms. The molecule has 0 fully saturated rings. The summed E-state index contributed by atoms with van der Waals surface area (Å²) < 4.78 is 36.4. The van der Waals surface area contributed by atoms with Crippen molar-refractivity contribution >= 4 is 18.0 Å². The molecule has 0 unspecified atom stereocenters. The largest absolute Gasteiger partial charge is 0.434 e. The Morgan fingerprint density at radius 2 is 2.21 bits per heavy atom. The summed E-state index contributed by atoms with van der Waals surface area (Å²) in [6.07, 6.45) is -4.22. The van der Waals surface area contributed by atoms with Crippen LogP contribution in [0.1, 0.15) is 11.4 Å².